The average Bonchev–Trinajstić information content (AvgIpc) is 2.30. The second kappa shape index (κ2) is 3.28. The molecule has 0 spiro atoms. The predicted molar refractivity (Wildman–Crippen MR) is 66.4 cm³/mol. The lowest BCUT2D eigenvalue weighted by Gasteiger charge is -2.05. The van der Waals surface area contributed by atoms with Crippen molar-refractivity contribution in [3.05, 3.63) is 54.6 Å². The molecule has 0 nitrogen and oxygen atoms in total. The normalized spacial score (nSPS) is 11.0. The van der Waals surface area contributed by atoms with E-state index in [4.69, 9.17) is 0 Å². The average molecular weight is 208 g/mol. The molecule has 70 valence electrons. The molecule has 0 fully saturated rings. The molecular weight excluding hydrogens is 200 g/mol. The van der Waals surface area contributed by atoms with Crippen molar-refractivity contribution in [1.82, 2.24) is 0 Å². The van der Waals surface area contributed by atoms with Gasteiger partial charge in [0.2, 0.25) is 0 Å². The van der Waals surface area contributed by atoms with Crippen LogP contribution in [0.1, 0.15) is 0 Å². The van der Waals surface area contributed by atoms with Crippen molar-refractivity contribution < 1.29 is 0 Å². The van der Waals surface area contributed by atoms with Crippen LogP contribution in [0.5, 0.6) is 0 Å². The minimum Gasteiger partial charge on any atom is -0.142 e. The maximum atomic E-state index is 4.45. The fourth-order valence-corrected chi connectivity index (χ4v) is 2.17. The van der Waals surface area contributed by atoms with Crippen molar-refractivity contribution in [1.29, 1.82) is 0 Å². The van der Waals surface area contributed by atoms with Gasteiger partial charge in [0.05, 0.1) is 0 Å². The molecule has 0 saturated heterocycles. The number of hydrogen-bond acceptors (Lipinski definition) is 1. The first-order valence-corrected chi connectivity index (χ1v) is 5.24. The fourth-order valence-electron chi connectivity index (χ4n) is 1.86. The maximum absolute atomic E-state index is 4.45. The lowest BCUT2D eigenvalue weighted by atomic mass is 10.0. The number of benzene rings is 3. The first-order valence-electron chi connectivity index (χ1n) is 4.79. The number of hydrogen-bond donors (Lipinski definition) is 1. The predicted octanol–water partition coefficient (Wildman–Crippen LogP) is 3.88. The smallest absolute Gasteiger partial charge is 0.0205 e. The lowest BCUT2D eigenvalue weighted by Crippen LogP contribution is -1.79. The molecule has 0 saturated carbocycles. The molecule has 3 aromatic carbocycles. The van der Waals surface area contributed by atoms with Gasteiger partial charge in [0.25, 0.3) is 0 Å². The third kappa shape index (κ3) is 1.31. The summed E-state index contributed by atoms with van der Waals surface area (Å²) in [6.07, 6.45) is 0. The molecule has 0 aliphatic rings. The molecule has 15 heavy (non-hydrogen) atoms. The van der Waals surface area contributed by atoms with E-state index in [-0.39, 0.29) is 0 Å². The number of thiol groups is 1. The van der Waals surface area contributed by atoms with E-state index in [9.17, 15) is 0 Å². The molecule has 0 aliphatic heterocycles. The molecule has 0 bridgehead atoms. The van der Waals surface area contributed by atoms with Gasteiger partial charge in [-0.1, -0.05) is 42.5 Å². The third-order valence-corrected chi connectivity index (χ3v) is 2.91. The van der Waals surface area contributed by atoms with Crippen LogP contribution in [0.4, 0.5) is 0 Å². The van der Waals surface area contributed by atoms with Crippen LogP contribution >= 0.6 is 12.6 Å². The van der Waals surface area contributed by atoms with Crippen LogP contribution in [0.15, 0.2) is 47.4 Å². The first kappa shape index (κ1) is 8.81. The summed E-state index contributed by atoms with van der Waals surface area (Å²) in [4.78, 5) is 0.889. The van der Waals surface area contributed by atoms with Crippen LogP contribution in [-0.2, 0) is 0 Å². The summed E-state index contributed by atoms with van der Waals surface area (Å²) in [6.45, 7) is 0. The highest BCUT2D eigenvalue weighted by molar-refractivity contribution is 7.80. The van der Waals surface area contributed by atoms with Gasteiger partial charge in [-0.3, -0.25) is 0 Å². The van der Waals surface area contributed by atoms with E-state index < -0.39 is 0 Å². The Hall–Kier alpha value is -1.47. The van der Waals surface area contributed by atoms with Gasteiger partial charge in [-0.05, 0) is 27.6 Å². The fraction of sp³-hybridized carbons (Fsp3) is 0. The van der Waals surface area contributed by atoms with E-state index in [0.29, 0.717) is 0 Å². The van der Waals surface area contributed by atoms with Gasteiger partial charge in [-0.15, -0.1) is 12.6 Å². The van der Waals surface area contributed by atoms with Crippen molar-refractivity contribution in [2.24, 2.45) is 0 Å². The standard InChI is InChI=1S/C14H8S/c15-14-9-10-5-1-2-6-11(10)12-7-3-4-8-13(12)14/h1-6,8,15H. The minimum absolute atomic E-state index is 0.889. The van der Waals surface area contributed by atoms with E-state index in [2.05, 4.69) is 43.0 Å². The zero-order valence-electron chi connectivity index (χ0n) is 7.99. The molecule has 0 heterocycles. The molecule has 0 unspecified atom stereocenters. The van der Waals surface area contributed by atoms with Crippen molar-refractivity contribution in [3.8, 4) is 0 Å². The Kier molecular flexibility index (Phi) is 1.93. The van der Waals surface area contributed by atoms with E-state index in [0.717, 1.165) is 21.1 Å². The highest BCUT2D eigenvalue weighted by Crippen LogP contribution is 2.29. The Balaban J connectivity index is 2.64. The van der Waals surface area contributed by atoms with Crippen LogP contribution < -0.4 is 0 Å². The van der Waals surface area contributed by atoms with Crippen LogP contribution in [0.25, 0.3) is 21.5 Å². The van der Waals surface area contributed by atoms with Gasteiger partial charge < -0.3 is 0 Å². The lowest BCUT2D eigenvalue weighted by molar-refractivity contribution is 1.58. The van der Waals surface area contributed by atoms with Crippen molar-refractivity contribution in [2.45, 2.75) is 4.90 Å². The van der Waals surface area contributed by atoms with Gasteiger partial charge in [0, 0.05) is 11.0 Å². The van der Waals surface area contributed by atoms with Crippen LogP contribution in [0.2, 0.25) is 0 Å². The van der Waals surface area contributed by atoms with E-state index in [1.54, 1.807) is 0 Å². The van der Waals surface area contributed by atoms with E-state index in [1.807, 2.05) is 24.3 Å². The molecule has 0 aromatic heterocycles. The Morgan fingerprint density at radius 1 is 0.933 bits per heavy atom. The highest BCUT2D eigenvalue weighted by atomic mass is 32.1. The first-order chi connectivity index (χ1) is 7.36. The molecule has 3 rings (SSSR count). The van der Waals surface area contributed by atoms with Crippen molar-refractivity contribution >= 4 is 34.2 Å². The molecule has 1 heteroatoms. The van der Waals surface area contributed by atoms with Crippen molar-refractivity contribution in [3.63, 3.8) is 0 Å². The molecule has 0 N–H and O–H groups in total. The zero-order chi connectivity index (χ0) is 10.3. The third-order valence-electron chi connectivity index (χ3n) is 2.56. The summed E-state index contributed by atoms with van der Waals surface area (Å²) in [7, 11) is 0. The largest absolute Gasteiger partial charge is 0.142 e. The quantitative estimate of drug-likeness (QED) is 0.420. The summed E-state index contributed by atoms with van der Waals surface area (Å²) in [6, 6.07) is 20.7. The summed E-state index contributed by atoms with van der Waals surface area (Å²) >= 11 is 4.45. The number of rotatable bonds is 0. The van der Waals surface area contributed by atoms with Crippen LogP contribution in [-0.4, -0.2) is 0 Å². The molecule has 3 aromatic rings. The highest BCUT2D eigenvalue weighted by Gasteiger charge is 2.03. The molecule has 0 aliphatic carbocycles. The van der Waals surface area contributed by atoms with Gasteiger partial charge in [0.1, 0.15) is 0 Å². The van der Waals surface area contributed by atoms with Gasteiger partial charge in [0.15, 0.2) is 0 Å². The van der Waals surface area contributed by atoms with Gasteiger partial charge >= 0.3 is 0 Å². The van der Waals surface area contributed by atoms with Gasteiger partial charge in [-0.2, -0.15) is 0 Å². The Morgan fingerprint density at radius 2 is 1.73 bits per heavy atom. The van der Waals surface area contributed by atoms with E-state index in [1.165, 1.54) is 5.39 Å². The Bertz CT molecular complexity index is 641. The summed E-state index contributed by atoms with van der Waals surface area (Å²) < 4.78 is 0. The molecule has 0 amide bonds. The van der Waals surface area contributed by atoms with Gasteiger partial charge in [-0.25, -0.2) is 0 Å². The van der Waals surface area contributed by atoms with E-state index >= 15 is 0 Å². The Labute approximate surface area is 93.9 Å². The molecule has 2 radical (unpaired) electrons. The maximum Gasteiger partial charge on any atom is 0.0205 e. The van der Waals surface area contributed by atoms with Crippen LogP contribution in [0.3, 0.4) is 0 Å². The second-order valence-corrected chi connectivity index (χ2v) is 3.93. The second-order valence-electron chi connectivity index (χ2n) is 3.48. The Morgan fingerprint density at radius 3 is 2.67 bits per heavy atom. The molecule has 0 atom stereocenters. The molecular formula is C14H8S. The zero-order valence-corrected chi connectivity index (χ0v) is 8.88. The topological polar surface area (TPSA) is 0 Å². The summed E-state index contributed by atoms with van der Waals surface area (Å²) in [5.74, 6) is 0. The SMILES string of the molecule is Sc1[c]c2ccccc2c2[c]cccc12. The van der Waals surface area contributed by atoms with Crippen molar-refractivity contribution in [2.75, 3.05) is 0 Å². The summed E-state index contributed by atoms with van der Waals surface area (Å²) in [5, 5.41) is 4.51. The van der Waals surface area contributed by atoms with Crippen LogP contribution in [0, 0.1) is 12.1 Å². The number of fused-ring (bicyclic) bond motifs is 3. The minimum atomic E-state index is 0.889. The monoisotopic (exact) mass is 208 g/mol. The summed E-state index contributed by atoms with van der Waals surface area (Å²) in [5.41, 5.74) is 0.